The average Bonchev–Trinajstić information content (AvgIpc) is 2.52. The van der Waals surface area contributed by atoms with Gasteiger partial charge in [0.25, 0.3) is 5.91 Å². The molecule has 1 heterocycles. The predicted octanol–water partition coefficient (Wildman–Crippen LogP) is 2.74. The van der Waals surface area contributed by atoms with Crippen molar-refractivity contribution < 1.29 is 9.18 Å². The molecule has 21 heavy (non-hydrogen) atoms. The van der Waals surface area contributed by atoms with E-state index in [1.54, 1.807) is 4.90 Å². The second kappa shape index (κ2) is 6.95. The summed E-state index contributed by atoms with van der Waals surface area (Å²) in [6.45, 7) is 2.99. The average molecular weight is 287 g/mol. The van der Waals surface area contributed by atoms with E-state index in [1.807, 2.05) is 31.2 Å². The number of carbonyl (C=O) groups is 1. The molecule has 2 N–H and O–H groups in total. The monoisotopic (exact) mass is 287 g/mol. The molecule has 0 spiro atoms. The van der Waals surface area contributed by atoms with Gasteiger partial charge >= 0.3 is 0 Å². The van der Waals surface area contributed by atoms with Gasteiger partial charge < -0.3 is 10.6 Å². The zero-order valence-electron chi connectivity index (χ0n) is 11.9. The van der Waals surface area contributed by atoms with Gasteiger partial charge in [-0.2, -0.15) is 0 Å². The molecule has 2 aromatic rings. The summed E-state index contributed by atoms with van der Waals surface area (Å²) in [5.74, 6) is -0.778. The number of amides is 1. The molecular formula is C16H18FN3O. The van der Waals surface area contributed by atoms with E-state index in [1.165, 1.54) is 12.3 Å². The maximum absolute atomic E-state index is 13.2. The summed E-state index contributed by atoms with van der Waals surface area (Å²) in [5.41, 5.74) is 7.58. The Kier molecular flexibility index (Phi) is 5.00. The molecular weight excluding hydrogens is 269 g/mol. The first-order valence-corrected chi connectivity index (χ1v) is 6.87. The van der Waals surface area contributed by atoms with Crippen LogP contribution < -0.4 is 10.6 Å². The third-order valence-electron chi connectivity index (χ3n) is 3.13. The van der Waals surface area contributed by atoms with Crippen LogP contribution >= 0.6 is 0 Å². The molecule has 2 rings (SSSR count). The number of halogens is 1. The third kappa shape index (κ3) is 3.64. The fourth-order valence-electron chi connectivity index (χ4n) is 2.07. The van der Waals surface area contributed by atoms with Crippen LogP contribution in [0.3, 0.4) is 0 Å². The van der Waals surface area contributed by atoms with Crippen molar-refractivity contribution in [2.45, 2.75) is 19.9 Å². The van der Waals surface area contributed by atoms with Crippen molar-refractivity contribution in [1.82, 2.24) is 4.98 Å². The molecule has 0 fully saturated rings. The number of carbonyl (C=O) groups excluding carboxylic acids is 1. The predicted molar refractivity (Wildman–Crippen MR) is 80.5 cm³/mol. The van der Waals surface area contributed by atoms with E-state index in [0.717, 1.165) is 23.9 Å². The van der Waals surface area contributed by atoms with E-state index < -0.39 is 5.82 Å². The van der Waals surface area contributed by atoms with Crippen molar-refractivity contribution in [3.8, 4) is 0 Å². The maximum atomic E-state index is 13.2. The SMILES string of the molecule is CCCN(C(=O)c1cncc(F)c1)c1ccc(CN)cc1. The van der Waals surface area contributed by atoms with Gasteiger partial charge in [-0.25, -0.2) is 4.39 Å². The van der Waals surface area contributed by atoms with E-state index in [9.17, 15) is 9.18 Å². The first kappa shape index (κ1) is 15.1. The first-order valence-electron chi connectivity index (χ1n) is 6.87. The van der Waals surface area contributed by atoms with Crippen molar-refractivity contribution >= 4 is 11.6 Å². The molecule has 1 aromatic carbocycles. The largest absolute Gasteiger partial charge is 0.326 e. The number of anilines is 1. The fourth-order valence-corrected chi connectivity index (χ4v) is 2.07. The molecule has 0 atom stereocenters. The maximum Gasteiger partial charge on any atom is 0.259 e. The molecule has 0 saturated heterocycles. The van der Waals surface area contributed by atoms with Gasteiger partial charge in [0.1, 0.15) is 5.82 Å². The summed E-state index contributed by atoms with van der Waals surface area (Å²) >= 11 is 0. The first-order chi connectivity index (χ1) is 10.2. The summed E-state index contributed by atoms with van der Waals surface area (Å²) < 4.78 is 13.2. The highest BCUT2D eigenvalue weighted by atomic mass is 19.1. The summed E-state index contributed by atoms with van der Waals surface area (Å²) in [7, 11) is 0. The summed E-state index contributed by atoms with van der Waals surface area (Å²) in [6, 6.07) is 8.67. The van der Waals surface area contributed by atoms with E-state index in [2.05, 4.69) is 4.98 Å². The molecule has 110 valence electrons. The van der Waals surface area contributed by atoms with Gasteiger partial charge in [-0.05, 0) is 30.2 Å². The van der Waals surface area contributed by atoms with Crippen LogP contribution in [0.2, 0.25) is 0 Å². The Labute approximate surface area is 123 Å². The van der Waals surface area contributed by atoms with Gasteiger partial charge in [0.15, 0.2) is 0 Å². The van der Waals surface area contributed by atoms with Gasteiger partial charge in [0.2, 0.25) is 0 Å². The van der Waals surface area contributed by atoms with E-state index in [-0.39, 0.29) is 11.5 Å². The van der Waals surface area contributed by atoms with Crippen molar-refractivity contribution in [2.75, 3.05) is 11.4 Å². The van der Waals surface area contributed by atoms with Crippen LogP contribution in [0.25, 0.3) is 0 Å². The Morgan fingerprint density at radius 1 is 1.29 bits per heavy atom. The van der Waals surface area contributed by atoms with Gasteiger partial charge in [-0.3, -0.25) is 9.78 Å². The molecule has 1 amide bonds. The zero-order chi connectivity index (χ0) is 15.2. The lowest BCUT2D eigenvalue weighted by Gasteiger charge is -2.22. The molecule has 0 aliphatic rings. The van der Waals surface area contributed by atoms with E-state index >= 15 is 0 Å². The normalized spacial score (nSPS) is 10.4. The Bertz CT molecular complexity index is 613. The van der Waals surface area contributed by atoms with E-state index in [4.69, 9.17) is 5.73 Å². The number of pyridine rings is 1. The highest BCUT2D eigenvalue weighted by Gasteiger charge is 2.17. The quantitative estimate of drug-likeness (QED) is 0.920. The lowest BCUT2D eigenvalue weighted by Crippen LogP contribution is -2.31. The van der Waals surface area contributed by atoms with Gasteiger partial charge in [-0.1, -0.05) is 19.1 Å². The minimum atomic E-state index is -0.518. The van der Waals surface area contributed by atoms with Crippen LogP contribution in [0.15, 0.2) is 42.7 Å². The number of rotatable bonds is 5. The molecule has 0 radical (unpaired) electrons. The molecule has 4 nitrogen and oxygen atoms in total. The highest BCUT2D eigenvalue weighted by Crippen LogP contribution is 2.18. The van der Waals surface area contributed by atoms with Crippen LogP contribution in [-0.4, -0.2) is 17.4 Å². The van der Waals surface area contributed by atoms with Gasteiger partial charge in [-0.15, -0.1) is 0 Å². The lowest BCUT2D eigenvalue weighted by atomic mass is 10.1. The Morgan fingerprint density at radius 3 is 2.57 bits per heavy atom. The molecule has 0 unspecified atom stereocenters. The Balaban J connectivity index is 2.31. The van der Waals surface area contributed by atoms with Crippen LogP contribution in [0.5, 0.6) is 0 Å². The molecule has 1 aromatic heterocycles. The van der Waals surface area contributed by atoms with Gasteiger partial charge in [0, 0.05) is 25.0 Å². The zero-order valence-corrected chi connectivity index (χ0v) is 11.9. The highest BCUT2D eigenvalue weighted by molar-refractivity contribution is 6.05. The molecule has 0 saturated carbocycles. The van der Waals surface area contributed by atoms with Crippen LogP contribution in [0.1, 0.15) is 29.3 Å². The number of hydrogen-bond donors (Lipinski definition) is 1. The molecule has 5 heteroatoms. The van der Waals surface area contributed by atoms with Gasteiger partial charge in [0.05, 0.1) is 11.8 Å². The molecule has 0 aliphatic heterocycles. The number of nitrogens with zero attached hydrogens (tertiary/aromatic N) is 2. The van der Waals surface area contributed by atoms with Crippen molar-refractivity contribution in [1.29, 1.82) is 0 Å². The molecule has 0 aliphatic carbocycles. The minimum Gasteiger partial charge on any atom is -0.326 e. The number of aromatic nitrogens is 1. The van der Waals surface area contributed by atoms with Crippen molar-refractivity contribution in [3.63, 3.8) is 0 Å². The Hall–Kier alpha value is -2.27. The Morgan fingerprint density at radius 2 is 2.00 bits per heavy atom. The second-order valence-corrected chi connectivity index (χ2v) is 4.72. The number of benzene rings is 1. The molecule has 0 bridgehead atoms. The lowest BCUT2D eigenvalue weighted by molar-refractivity contribution is 0.0986. The second-order valence-electron chi connectivity index (χ2n) is 4.72. The summed E-state index contributed by atoms with van der Waals surface area (Å²) in [5, 5.41) is 0. The number of hydrogen-bond acceptors (Lipinski definition) is 3. The fraction of sp³-hybridized carbons (Fsp3) is 0.250. The summed E-state index contributed by atoms with van der Waals surface area (Å²) in [4.78, 5) is 17.9. The van der Waals surface area contributed by atoms with Crippen molar-refractivity contribution in [3.05, 3.63) is 59.7 Å². The minimum absolute atomic E-state index is 0.242. The number of nitrogens with two attached hydrogens (primary N) is 1. The topological polar surface area (TPSA) is 59.2 Å². The van der Waals surface area contributed by atoms with Crippen LogP contribution in [0, 0.1) is 5.82 Å². The van der Waals surface area contributed by atoms with Crippen LogP contribution in [0.4, 0.5) is 10.1 Å². The smallest absolute Gasteiger partial charge is 0.259 e. The van der Waals surface area contributed by atoms with Crippen molar-refractivity contribution in [2.24, 2.45) is 5.73 Å². The van der Waals surface area contributed by atoms with Crippen LogP contribution in [-0.2, 0) is 6.54 Å². The standard InChI is InChI=1S/C16H18FN3O/c1-2-7-20(15-5-3-12(9-18)4-6-15)16(21)13-8-14(17)11-19-10-13/h3-6,8,10-11H,2,7,9,18H2,1H3. The third-order valence-corrected chi connectivity index (χ3v) is 3.13. The van der Waals surface area contributed by atoms with E-state index in [0.29, 0.717) is 13.1 Å². The summed E-state index contributed by atoms with van der Waals surface area (Å²) in [6.07, 6.45) is 3.26.